The molecule has 1 rings (SSSR count). The molecule has 5 heteroatoms. The van der Waals surface area contributed by atoms with Gasteiger partial charge in [0.1, 0.15) is 0 Å². The number of anilines is 2. The van der Waals surface area contributed by atoms with Crippen molar-refractivity contribution in [2.75, 3.05) is 30.5 Å². The summed E-state index contributed by atoms with van der Waals surface area (Å²) in [7, 11) is -1.26. The van der Waals surface area contributed by atoms with Gasteiger partial charge in [-0.05, 0) is 25.1 Å². The number of nitrogens with zero attached hydrogens (tertiary/aromatic N) is 1. The van der Waals surface area contributed by atoms with Crippen LogP contribution in [-0.2, 0) is 9.84 Å². The molecule has 1 aromatic rings. The Labute approximate surface area is 90.6 Å². The first-order valence-electron chi connectivity index (χ1n) is 4.67. The van der Waals surface area contributed by atoms with Crippen LogP contribution in [0.5, 0.6) is 0 Å². The van der Waals surface area contributed by atoms with Gasteiger partial charge in [0.05, 0.1) is 16.3 Å². The zero-order valence-corrected chi connectivity index (χ0v) is 10.0. The largest absolute Gasteiger partial charge is 0.397 e. The molecule has 0 bridgehead atoms. The van der Waals surface area contributed by atoms with Gasteiger partial charge in [0, 0.05) is 19.8 Å². The van der Waals surface area contributed by atoms with Gasteiger partial charge in [-0.3, -0.25) is 0 Å². The second kappa shape index (κ2) is 4.10. The molecule has 0 amide bonds. The number of benzene rings is 1. The van der Waals surface area contributed by atoms with Gasteiger partial charge in [0.15, 0.2) is 9.84 Å². The van der Waals surface area contributed by atoms with Crippen LogP contribution in [0.1, 0.15) is 6.92 Å². The Kier molecular flexibility index (Phi) is 3.24. The van der Waals surface area contributed by atoms with Crippen LogP contribution in [0.25, 0.3) is 0 Å². The minimum atomic E-state index is -3.17. The fourth-order valence-corrected chi connectivity index (χ4v) is 1.94. The number of sulfone groups is 1. The molecule has 1 aromatic carbocycles. The van der Waals surface area contributed by atoms with Gasteiger partial charge in [-0.15, -0.1) is 0 Å². The predicted octanol–water partition coefficient (Wildman–Crippen LogP) is 1.13. The van der Waals surface area contributed by atoms with E-state index in [1.165, 1.54) is 12.3 Å². The Hall–Kier alpha value is -1.23. The lowest BCUT2D eigenvalue weighted by atomic mass is 10.2. The van der Waals surface area contributed by atoms with Crippen LogP contribution in [0, 0.1) is 0 Å². The van der Waals surface area contributed by atoms with Crippen molar-refractivity contribution < 1.29 is 8.42 Å². The van der Waals surface area contributed by atoms with Crippen LogP contribution in [0.4, 0.5) is 11.4 Å². The zero-order valence-electron chi connectivity index (χ0n) is 9.19. The molecule has 0 aromatic heterocycles. The Morgan fingerprint density at radius 2 is 2.00 bits per heavy atom. The smallest absolute Gasteiger partial charge is 0.175 e. The van der Waals surface area contributed by atoms with Crippen molar-refractivity contribution in [3.05, 3.63) is 18.2 Å². The van der Waals surface area contributed by atoms with E-state index in [9.17, 15) is 8.42 Å². The molecule has 0 aliphatic rings. The minimum absolute atomic E-state index is 0.258. The average molecular weight is 228 g/mol. The second-order valence-corrected chi connectivity index (χ2v) is 5.52. The van der Waals surface area contributed by atoms with Crippen LogP contribution < -0.4 is 10.6 Å². The second-order valence-electron chi connectivity index (χ2n) is 3.51. The van der Waals surface area contributed by atoms with E-state index in [-0.39, 0.29) is 4.90 Å². The molecule has 84 valence electrons. The van der Waals surface area contributed by atoms with Crippen LogP contribution in [0.3, 0.4) is 0 Å². The molecule has 0 fully saturated rings. The molecule has 15 heavy (non-hydrogen) atoms. The van der Waals surface area contributed by atoms with Crippen LogP contribution >= 0.6 is 0 Å². The summed E-state index contributed by atoms with van der Waals surface area (Å²) in [6.45, 7) is 2.83. The standard InChI is InChI=1S/C10H16N2O2S/c1-4-12(2)10-6-5-8(7-9(10)11)15(3,13)14/h5-7H,4,11H2,1-3H3. The highest BCUT2D eigenvalue weighted by atomic mass is 32.2. The van der Waals surface area contributed by atoms with Gasteiger partial charge in [0.25, 0.3) is 0 Å². The highest BCUT2D eigenvalue weighted by molar-refractivity contribution is 7.90. The molecular formula is C10H16N2O2S. The average Bonchev–Trinajstić information content (AvgIpc) is 2.15. The van der Waals surface area contributed by atoms with Crippen molar-refractivity contribution in [2.24, 2.45) is 0 Å². The third-order valence-corrected chi connectivity index (χ3v) is 3.42. The first kappa shape index (κ1) is 11.8. The van der Waals surface area contributed by atoms with Crippen molar-refractivity contribution in [2.45, 2.75) is 11.8 Å². The molecule has 0 aliphatic carbocycles. The summed E-state index contributed by atoms with van der Waals surface area (Å²) >= 11 is 0. The van der Waals surface area contributed by atoms with E-state index in [0.717, 1.165) is 12.2 Å². The van der Waals surface area contributed by atoms with E-state index in [1.807, 2.05) is 18.9 Å². The summed E-state index contributed by atoms with van der Waals surface area (Å²) in [6, 6.07) is 4.80. The van der Waals surface area contributed by atoms with E-state index in [1.54, 1.807) is 12.1 Å². The van der Waals surface area contributed by atoms with Crippen molar-refractivity contribution in [1.82, 2.24) is 0 Å². The van der Waals surface area contributed by atoms with Gasteiger partial charge in [-0.1, -0.05) is 0 Å². The highest BCUT2D eigenvalue weighted by Crippen LogP contribution is 2.25. The summed E-state index contributed by atoms with van der Waals surface area (Å²) < 4.78 is 22.5. The summed E-state index contributed by atoms with van der Waals surface area (Å²) in [5.74, 6) is 0. The van der Waals surface area contributed by atoms with E-state index < -0.39 is 9.84 Å². The molecule has 0 heterocycles. The molecule has 2 N–H and O–H groups in total. The maximum atomic E-state index is 11.3. The fourth-order valence-electron chi connectivity index (χ4n) is 1.28. The van der Waals surface area contributed by atoms with Crippen LogP contribution in [0.15, 0.2) is 23.1 Å². The summed E-state index contributed by atoms with van der Waals surface area (Å²) in [6.07, 6.45) is 1.17. The quantitative estimate of drug-likeness (QED) is 0.788. The number of rotatable bonds is 3. The first-order chi connectivity index (χ1) is 6.86. The number of hydrogen-bond donors (Lipinski definition) is 1. The molecule has 0 atom stereocenters. The molecule has 0 spiro atoms. The molecule has 0 radical (unpaired) electrons. The number of nitrogen functional groups attached to an aromatic ring is 1. The van der Waals surface area contributed by atoms with Gasteiger partial charge >= 0.3 is 0 Å². The van der Waals surface area contributed by atoms with Gasteiger partial charge in [0.2, 0.25) is 0 Å². The maximum absolute atomic E-state index is 11.3. The number of hydrogen-bond acceptors (Lipinski definition) is 4. The third-order valence-electron chi connectivity index (χ3n) is 2.31. The SMILES string of the molecule is CCN(C)c1ccc(S(C)(=O)=O)cc1N. The molecule has 0 saturated heterocycles. The van der Waals surface area contributed by atoms with Crippen LogP contribution in [-0.4, -0.2) is 28.3 Å². The predicted molar refractivity (Wildman–Crippen MR) is 62.9 cm³/mol. The molecular weight excluding hydrogens is 212 g/mol. The van der Waals surface area contributed by atoms with Gasteiger partial charge in [-0.25, -0.2) is 8.42 Å². The van der Waals surface area contributed by atoms with E-state index in [4.69, 9.17) is 5.73 Å². The molecule has 0 aliphatic heterocycles. The monoisotopic (exact) mass is 228 g/mol. The van der Waals surface area contributed by atoms with Crippen LogP contribution in [0.2, 0.25) is 0 Å². The highest BCUT2D eigenvalue weighted by Gasteiger charge is 2.10. The van der Waals surface area contributed by atoms with Gasteiger partial charge < -0.3 is 10.6 Å². The van der Waals surface area contributed by atoms with E-state index >= 15 is 0 Å². The number of nitrogens with two attached hydrogens (primary N) is 1. The first-order valence-corrected chi connectivity index (χ1v) is 6.56. The van der Waals surface area contributed by atoms with E-state index in [0.29, 0.717) is 5.69 Å². The Morgan fingerprint density at radius 3 is 2.40 bits per heavy atom. The Bertz CT molecular complexity index is 454. The Balaban J connectivity index is 3.20. The molecule has 0 unspecified atom stereocenters. The van der Waals surface area contributed by atoms with Crippen molar-refractivity contribution in [3.8, 4) is 0 Å². The van der Waals surface area contributed by atoms with Crippen molar-refractivity contribution in [3.63, 3.8) is 0 Å². The molecule has 0 saturated carbocycles. The summed E-state index contributed by atoms with van der Waals surface area (Å²) in [4.78, 5) is 2.22. The molecule has 4 nitrogen and oxygen atoms in total. The van der Waals surface area contributed by atoms with E-state index in [2.05, 4.69) is 0 Å². The minimum Gasteiger partial charge on any atom is -0.397 e. The summed E-state index contributed by atoms with van der Waals surface area (Å²) in [5.41, 5.74) is 7.13. The lowest BCUT2D eigenvalue weighted by molar-refractivity contribution is 0.602. The third kappa shape index (κ3) is 2.62. The van der Waals surface area contributed by atoms with Crippen molar-refractivity contribution in [1.29, 1.82) is 0 Å². The maximum Gasteiger partial charge on any atom is 0.175 e. The lowest BCUT2D eigenvalue weighted by Gasteiger charge is -2.19. The van der Waals surface area contributed by atoms with Gasteiger partial charge in [-0.2, -0.15) is 0 Å². The fraction of sp³-hybridized carbons (Fsp3) is 0.400. The zero-order chi connectivity index (χ0) is 11.6. The lowest BCUT2D eigenvalue weighted by Crippen LogP contribution is -2.17. The Morgan fingerprint density at radius 1 is 1.40 bits per heavy atom. The van der Waals surface area contributed by atoms with Crippen molar-refractivity contribution >= 4 is 21.2 Å². The normalized spacial score (nSPS) is 11.4. The summed E-state index contributed by atoms with van der Waals surface area (Å²) in [5, 5.41) is 0. The topological polar surface area (TPSA) is 63.4 Å².